The van der Waals surface area contributed by atoms with Crippen LogP contribution in [0.1, 0.15) is 33.6 Å². The third kappa shape index (κ3) is 2.78. The van der Waals surface area contributed by atoms with Crippen LogP contribution in [0.25, 0.3) is 0 Å². The van der Waals surface area contributed by atoms with Crippen LogP contribution in [0.2, 0.25) is 19.0 Å². The normalized spacial score (nSPS) is 36.5. The van der Waals surface area contributed by atoms with Crippen LogP contribution in [-0.4, -0.2) is 13.8 Å². The highest BCUT2D eigenvalue weighted by Gasteiger charge is 2.47. The Labute approximate surface area is 106 Å². The Morgan fingerprint density at radius 1 is 1.47 bits per heavy atom. The standard InChI is InChI=1S/C15H25BO/c1-12(2)8-16-10-14(3)6-13(17-5)7-15(4,9-14)11-16/h6H,1,7-11H2,2-5H3. The van der Waals surface area contributed by atoms with E-state index in [-0.39, 0.29) is 0 Å². The molecule has 0 amide bonds. The molecule has 2 aliphatic rings. The Hall–Kier alpha value is -0.655. The summed E-state index contributed by atoms with van der Waals surface area (Å²) in [4.78, 5) is 0. The lowest BCUT2D eigenvalue weighted by molar-refractivity contribution is 0.139. The lowest BCUT2D eigenvalue weighted by Crippen LogP contribution is -2.43. The second-order valence-electron chi connectivity index (χ2n) is 7.07. The summed E-state index contributed by atoms with van der Waals surface area (Å²) in [6, 6.07) is 0. The van der Waals surface area contributed by atoms with Crippen molar-refractivity contribution in [2.45, 2.75) is 52.6 Å². The molecule has 0 spiro atoms. The minimum absolute atomic E-state index is 0.344. The first-order valence-corrected chi connectivity index (χ1v) is 6.74. The molecular weight excluding hydrogens is 207 g/mol. The van der Waals surface area contributed by atoms with E-state index in [0.717, 1.165) is 13.1 Å². The molecule has 1 fully saturated rings. The van der Waals surface area contributed by atoms with E-state index >= 15 is 0 Å². The highest BCUT2D eigenvalue weighted by molar-refractivity contribution is 6.60. The number of hydrogen-bond acceptors (Lipinski definition) is 1. The molecule has 17 heavy (non-hydrogen) atoms. The van der Waals surface area contributed by atoms with Crippen LogP contribution in [-0.2, 0) is 4.74 Å². The van der Waals surface area contributed by atoms with Gasteiger partial charge in [-0.2, -0.15) is 0 Å². The number of hydrogen-bond donors (Lipinski definition) is 0. The zero-order chi connectivity index (χ0) is 12.7. The Morgan fingerprint density at radius 2 is 2.18 bits per heavy atom. The van der Waals surface area contributed by atoms with Crippen LogP contribution >= 0.6 is 0 Å². The van der Waals surface area contributed by atoms with E-state index in [1.807, 2.05) is 7.11 Å². The minimum Gasteiger partial charge on any atom is -0.501 e. The number of methoxy groups -OCH3 is 1. The van der Waals surface area contributed by atoms with Crippen LogP contribution in [0.4, 0.5) is 0 Å². The van der Waals surface area contributed by atoms with E-state index in [1.54, 1.807) is 0 Å². The molecule has 0 aromatic rings. The van der Waals surface area contributed by atoms with Crippen molar-refractivity contribution >= 4 is 6.71 Å². The first kappa shape index (κ1) is 12.8. The number of ether oxygens (including phenoxy) is 1. The van der Waals surface area contributed by atoms with Crippen LogP contribution in [0.5, 0.6) is 0 Å². The lowest BCUT2D eigenvalue weighted by Gasteiger charge is -2.50. The monoisotopic (exact) mass is 232 g/mol. The van der Waals surface area contributed by atoms with Gasteiger partial charge in [0.25, 0.3) is 0 Å². The van der Waals surface area contributed by atoms with Gasteiger partial charge in [-0.3, -0.25) is 0 Å². The second-order valence-corrected chi connectivity index (χ2v) is 7.07. The van der Waals surface area contributed by atoms with Crippen LogP contribution in [0, 0.1) is 10.8 Å². The molecule has 1 saturated heterocycles. The van der Waals surface area contributed by atoms with Gasteiger partial charge in [-0.15, -0.1) is 6.58 Å². The summed E-state index contributed by atoms with van der Waals surface area (Å²) in [5.74, 6) is 1.20. The molecule has 0 aromatic heterocycles. The van der Waals surface area contributed by atoms with Gasteiger partial charge >= 0.3 is 0 Å². The maximum Gasteiger partial charge on any atom is 0.145 e. The van der Waals surface area contributed by atoms with Crippen molar-refractivity contribution in [2.24, 2.45) is 10.8 Å². The van der Waals surface area contributed by atoms with Gasteiger partial charge in [0.15, 0.2) is 0 Å². The Balaban J connectivity index is 2.21. The Bertz CT molecular complexity index is 360. The van der Waals surface area contributed by atoms with E-state index in [1.165, 1.54) is 36.7 Å². The molecule has 1 aliphatic heterocycles. The first-order valence-electron chi connectivity index (χ1n) is 6.74. The van der Waals surface area contributed by atoms with Crippen LogP contribution in [0.3, 0.4) is 0 Å². The van der Waals surface area contributed by atoms with Crippen molar-refractivity contribution in [3.63, 3.8) is 0 Å². The van der Waals surface area contributed by atoms with E-state index < -0.39 is 0 Å². The van der Waals surface area contributed by atoms with Crippen molar-refractivity contribution in [3.05, 3.63) is 24.0 Å². The molecule has 2 bridgehead atoms. The van der Waals surface area contributed by atoms with Gasteiger partial charge < -0.3 is 4.74 Å². The molecule has 0 N–H and O–H groups in total. The van der Waals surface area contributed by atoms with Crippen LogP contribution < -0.4 is 0 Å². The number of allylic oxidation sites excluding steroid dienone is 3. The molecule has 0 aromatic carbocycles. The molecule has 0 saturated carbocycles. The maximum atomic E-state index is 5.52. The molecule has 94 valence electrons. The first-order chi connectivity index (χ1) is 7.84. The molecular formula is C15H25BO. The largest absolute Gasteiger partial charge is 0.501 e. The highest BCUT2D eigenvalue weighted by atomic mass is 16.5. The number of rotatable bonds is 3. The zero-order valence-corrected chi connectivity index (χ0v) is 11.8. The van der Waals surface area contributed by atoms with E-state index in [2.05, 4.69) is 33.4 Å². The van der Waals surface area contributed by atoms with Gasteiger partial charge in [0.2, 0.25) is 0 Å². The zero-order valence-electron chi connectivity index (χ0n) is 11.8. The fourth-order valence-corrected chi connectivity index (χ4v) is 4.42. The fourth-order valence-electron chi connectivity index (χ4n) is 4.42. The predicted molar refractivity (Wildman–Crippen MR) is 75.5 cm³/mol. The molecule has 2 unspecified atom stereocenters. The minimum atomic E-state index is 0.344. The molecule has 2 atom stereocenters. The van der Waals surface area contributed by atoms with E-state index in [4.69, 9.17) is 4.74 Å². The molecule has 1 heterocycles. The summed E-state index contributed by atoms with van der Waals surface area (Å²) in [6.45, 7) is 11.9. The quantitative estimate of drug-likeness (QED) is 0.517. The summed E-state index contributed by atoms with van der Waals surface area (Å²) >= 11 is 0. The van der Waals surface area contributed by atoms with Crippen LogP contribution in [0.15, 0.2) is 24.0 Å². The Kier molecular flexibility index (Phi) is 3.18. The van der Waals surface area contributed by atoms with Gasteiger partial charge in [-0.05, 0) is 30.3 Å². The second kappa shape index (κ2) is 4.22. The van der Waals surface area contributed by atoms with Crippen molar-refractivity contribution in [3.8, 4) is 0 Å². The van der Waals surface area contributed by atoms with Crippen molar-refractivity contribution in [1.29, 1.82) is 0 Å². The molecule has 1 aliphatic carbocycles. The third-order valence-corrected chi connectivity index (χ3v) is 4.38. The average molecular weight is 232 g/mol. The lowest BCUT2D eigenvalue weighted by atomic mass is 9.29. The van der Waals surface area contributed by atoms with Crippen molar-refractivity contribution in [1.82, 2.24) is 0 Å². The molecule has 0 radical (unpaired) electrons. The van der Waals surface area contributed by atoms with Gasteiger partial charge in [0.1, 0.15) is 6.71 Å². The van der Waals surface area contributed by atoms with Gasteiger partial charge in [0, 0.05) is 6.42 Å². The summed E-state index contributed by atoms with van der Waals surface area (Å²) in [6.07, 6.45) is 8.64. The highest BCUT2D eigenvalue weighted by Crippen LogP contribution is 2.55. The van der Waals surface area contributed by atoms with E-state index in [0.29, 0.717) is 10.8 Å². The summed E-state index contributed by atoms with van der Waals surface area (Å²) in [5.41, 5.74) is 2.11. The third-order valence-electron chi connectivity index (χ3n) is 4.38. The average Bonchev–Trinajstić information content (AvgIpc) is 2.11. The van der Waals surface area contributed by atoms with Gasteiger partial charge in [-0.1, -0.05) is 38.4 Å². The van der Waals surface area contributed by atoms with Crippen molar-refractivity contribution in [2.75, 3.05) is 7.11 Å². The molecule has 1 nitrogen and oxygen atoms in total. The van der Waals surface area contributed by atoms with E-state index in [9.17, 15) is 0 Å². The van der Waals surface area contributed by atoms with Crippen molar-refractivity contribution < 1.29 is 4.74 Å². The maximum absolute atomic E-state index is 5.52. The summed E-state index contributed by atoms with van der Waals surface area (Å²) < 4.78 is 5.52. The van der Waals surface area contributed by atoms with Gasteiger partial charge in [-0.25, -0.2) is 0 Å². The topological polar surface area (TPSA) is 9.23 Å². The predicted octanol–water partition coefficient (Wildman–Crippen LogP) is 4.41. The molecule has 2 heteroatoms. The number of fused-ring (bicyclic) bond motifs is 2. The summed E-state index contributed by atoms with van der Waals surface area (Å²) in [7, 11) is 1.81. The summed E-state index contributed by atoms with van der Waals surface area (Å²) in [5, 5.41) is 0. The fraction of sp³-hybridized carbons (Fsp3) is 0.733. The SMILES string of the molecule is C=C(C)CB1CC2(C)C=C(OC)CC(C)(C1)C2. The smallest absolute Gasteiger partial charge is 0.145 e. The Morgan fingerprint density at radius 3 is 2.71 bits per heavy atom. The van der Waals surface area contributed by atoms with Gasteiger partial charge in [0.05, 0.1) is 12.9 Å². The molecule has 2 rings (SSSR count).